The molecule has 0 fully saturated rings. The van der Waals surface area contributed by atoms with Crippen molar-refractivity contribution in [3.63, 3.8) is 0 Å². The summed E-state index contributed by atoms with van der Waals surface area (Å²) in [6.45, 7) is 4.05. The van der Waals surface area contributed by atoms with Crippen LogP contribution in [0.2, 0.25) is 0 Å². The number of benzene rings is 2. The molecule has 0 aliphatic carbocycles. The Morgan fingerprint density at radius 1 is 1.04 bits per heavy atom. The van der Waals surface area contributed by atoms with Gasteiger partial charge in [0.2, 0.25) is 0 Å². The summed E-state index contributed by atoms with van der Waals surface area (Å²) in [7, 11) is 0. The Morgan fingerprint density at radius 2 is 1.82 bits per heavy atom. The minimum atomic E-state index is -0.435. The predicted octanol–water partition coefficient (Wildman–Crippen LogP) is 3.22. The molecule has 0 unspecified atom stereocenters. The Balaban J connectivity index is 1.46. The van der Waals surface area contributed by atoms with Crippen LogP contribution in [0.5, 0.6) is 0 Å². The Kier molecular flexibility index (Phi) is 6.39. The summed E-state index contributed by atoms with van der Waals surface area (Å²) >= 11 is 1.42. The minimum absolute atomic E-state index is 0.0561. The lowest BCUT2D eigenvalue weighted by atomic mass is 10.1. The second-order valence-corrected chi connectivity index (χ2v) is 7.41. The quantitative estimate of drug-likeness (QED) is 0.561. The van der Waals surface area contributed by atoms with Gasteiger partial charge < -0.3 is 5.32 Å². The van der Waals surface area contributed by atoms with Gasteiger partial charge in [0.25, 0.3) is 11.8 Å². The number of hydrogen-bond acceptors (Lipinski definition) is 5. The summed E-state index contributed by atoms with van der Waals surface area (Å²) in [6, 6.07) is 15.9. The third-order valence-electron chi connectivity index (χ3n) is 4.12. The van der Waals surface area contributed by atoms with Gasteiger partial charge in [-0.05, 0) is 31.0 Å². The third kappa shape index (κ3) is 5.40. The van der Waals surface area contributed by atoms with E-state index in [1.54, 1.807) is 5.38 Å². The first-order chi connectivity index (χ1) is 13.5. The first-order valence-electron chi connectivity index (χ1n) is 8.90. The molecule has 0 aliphatic heterocycles. The first kappa shape index (κ1) is 19.6. The number of aromatic nitrogens is 1. The SMILES string of the molecule is Cc1ccc(NCC(=O)NNC(=O)c2csc(Cc3ccccc3)n2)c(C)c1. The molecule has 3 aromatic rings. The van der Waals surface area contributed by atoms with Crippen LogP contribution in [0, 0.1) is 13.8 Å². The molecule has 7 heteroatoms. The number of hydrazine groups is 1. The van der Waals surface area contributed by atoms with E-state index < -0.39 is 5.91 Å². The molecule has 144 valence electrons. The van der Waals surface area contributed by atoms with Crippen LogP contribution in [-0.2, 0) is 11.2 Å². The molecule has 1 heterocycles. The molecule has 0 atom stereocenters. The maximum absolute atomic E-state index is 12.2. The number of hydrogen-bond donors (Lipinski definition) is 3. The van der Waals surface area contributed by atoms with Crippen LogP contribution in [-0.4, -0.2) is 23.3 Å². The maximum Gasteiger partial charge on any atom is 0.289 e. The summed E-state index contributed by atoms with van der Waals surface area (Å²) < 4.78 is 0. The third-order valence-corrected chi connectivity index (χ3v) is 4.97. The van der Waals surface area contributed by atoms with Crippen molar-refractivity contribution < 1.29 is 9.59 Å². The number of nitrogens with zero attached hydrogens (tertiary/aromatic N) is 1. The van der Waals surface area contributed by atoms with Gasteiger partial charge in [0.05, 0.1) is 11.6 Å². The van der Waals surface area contributed by atoms with Gasteiger partial charge in [-0.1, -0.05) is 48.0 Å². The molecule has 0 aliphatic rings. The molecule has 0 radical (unpaired) electrons. The number of nitrogens with one attached hydrogen (secondary N) is 3. The van der Waals surface area contributed by atoms with Gasteiger partial charge >= 0.3 is 0 Å². The zero-order valence-electron chi connectivity index (χ0n) is 15.8. The van der Waals surface area contributed by atoms with Crippen molar-refractivity contribution in [1.29, 1.82) is 0 Å². The molecule has 0 spiro atoms. The largest absolute Gasteiger partial charge is 0.376 e. The second kappa shape index (κ2) is 9.14. The van der Waals surface area contributed by atoms with E-state index in [2.05, 4.69) is 21.2 Å². The second-order valence-electron chi connectivity index (χ2n) is 6.46. The van der Waals surface area contributed by atoms with Crippen molar-refractivity contribution >= 4 is 28.8 Å². The van der Waals surface area contributed by atoms with Gasteiger partial charge in [0.1, 0.15) is 5.69 Å². The number of carbonyl (C=O) groups excluding carboxylic acids is 2. The van der Waals surface area contributed by atoms with Crippen molar-refractivity contribution in [2.24, 2.45) is 0 Å². The number of aryl methyl sites for hydroxylation is 2. The topological polar surface area (TPSA) is 83.1 Å². The smallest absolute Gasteiger partial charge is 0.289 e. The van der Waals surface area contributed by atoms with Crippen LogP contribution in [0.25, 0.3) is 0 Å². The summed E-state index contributed by atoms with van der Waals surface area (Å²) in [5, 5.41) is 5.59. The van der Waals surface area contributed by atoms with Gasteiger partial charge in [-0.25, -0.2) is 4.98 Å². The summed E-state index contributed by atoms with van der Waals surface area (Å²) in [5.41, 5.74) is 9.34. The predicted molar refractivity (Wildman–Crippen MR) is 111 cm³/mol. The Bertz CT molecular complexity index is 970. The molecular weight excluding hydrogens is 372 g/mol. The van der Waals surface area contributed by atoms with E-state index in [1.807, 2.05) is 62.4 Å². The fraction of sp³-hybridized carbons (Fsp3) is 0.190. The van der Waals surface area contributed by atoms with Crippen LogP contribution in [0.15, 0.2) is 53.9 Å². The lowest BCUT2D eigenvalue weighted by Gasteiger charge is -2.11. The number of rotatable bonds is 6. The molecule has 2 aromatic carbocycles. The summed E-state index contributed by atoms with van der Waals surface area (Å²) in [4.78, 5) is 28.5. The van der Waals surface area contributed by atoms with E-state index in [0.29, 0.717) is 12.1 Å². The van der Waals surface area contributed by atoms with Crippen LogP contribution < -0.4 is 16.2 Å². The minimum Gasteiger partial charge on any atom is -0.376 e. The highest BCUT2D eigenvalue weighted by Crippen LogP contribution is 2.16. The fourth-order valence-electron chi connectivity index (χ4n) is 2.69. The zero-order chi connectivity index (χ0) is 19.9. The van der Waals surface area contributed by atoms with Gasteiger partial charge in [-0.3, -0.25) is 20.4 Å². The lowest BCUT2D eigenvalue weighted by Crippen LogP contribution is -2.44. The molecule has 0 saturated heterocycles. The molecule has 28 heavy (non-hydrogen) atoms. The van der Waals surface area contributed by atoms with E-state index in [0.717, 1.165) is 27.4 Å². The van der Waals surface area contributed by atoms with Crippen molar-refractivity contribution in [3.8, 4) is 0 Å². The first-order valence-corrected chi connectivity index (χ1v) is 9.78. The monoisotopic (exact) mass is 394 g/mol. The Labute approximate surface area is 168 Å². The maximum atomic E-state index is 12.2. The molecule has 6 nitrogen and oxygen atoms in total. The number of thiazole rings is 1. The lowest BCUT2D eigenvalue weighted by molar-refractivity contribution is -0.120. The molecule has 0 saturated carbocycles. The number of anilines is 1. The average Bonchev–Trinajstić information content (AvgIpc) is 3.15. The van der Waals surface area contributed by atoms with Crippen LogP contribution in [0.4, 0.5) is 5.69 Å². The highest BCUT2D eigenvalue weighted by molar-refractivity contribution is 7.09. The van der Waals surface area contributed by atoms with Crippen molar-refractivity contribution in [3.05, 3.63) is 81.3 Å². The normalized spacial score (nSPS) is 10.4. The van der Waals surface area contributed by atoms with Gasteiger partial charge in [0, 0.05) is 17.5 Å². The summed E-state index contributed by atoms with van der Waals surface area (Å²) in [6.07, 6.45) is 0.672. The fourth-order valence-corrected chi connectivity index (χ4v) is 3.50. The van der Waals surface area contributed by atoms with Crippen molar-refractivity contribution in [2.75, 3.05) is 11.9 Å². The molecular formula is C21H22N4O2S. The summed E-state index contributed by atoms with van der Waals surface area (Å²) in [5.74, 6) is -0.775. The Morgan fingerprint density at radius 3 is 2.57 bits per heavy atom. The van der Waals surface area contributed by atoms with Crippen LogP contribution in [0.1, 0.15) is 32.2 Å². The van der Waals surface area contributed by atoms with E-state index in [4.69, 9.17) is 0 Å². The van der Waals surface area contributed by atoms with Gasteiger partial charge in [-0.2, -0.15) is 0 Å². The number of amides is 2. The highest BCUT2D eigenvalue weighted by Gasteiger charge is 2.12. The van der Waals surface area contributed by atoms with E-state index in [1.165, 1.54) is 11.3 Å². The highest BCUT2D eigenvalue weighted by atomic mass is 32.1. The van der Waals surface area contributed by atoms with Crippen LogP contribution >= 0.6 is 11.3 Å². The Hall–Kier alpha value is -3.19. The number of carbonyl (C=O) groups is 2. The van der Waals surface area contributed by atoms with E-state index in [-0.39, 0.29) is 12.5 Å². The van der Waals surface area contributed by atoms with E-state index >= 15 is 0 Å². The average molecular weight is 395 g/mol. The van der Waals surface area contributed by atoms with Crippen molar-refractivity contribution in [1.82, 2.24) is 15.8 Å². The molecule has 2 amide bonds. The molecule has 3 N–H and O–H groups in total. The zero-order valence-corrected chi connectivity index (χ0v) is 16.6. The van der Waals surface area contributed by atoms with Crippen molar-refractivity contribution in [2.45, 2.75) is 20.3 Å². The van der Waals surface area contributed by atoms with Gasteiger partial charge in [-0.15, -0.1) is 11.3 Å². The molecule has 1 aromatic heterocycles. The molecule has 0 bridgehead atoms. The van der Waals surface area contributed by atoms with E-state index in [9.17, 15) is 9.59 Å². The van der Waals surface area contributed by atoms with Crippen LogP contribution in [0.3, 0.4) is 0 Å². The standard InChI is InChI=1S/C21H22N4O2S/c1-14-8-9-17(15(2)10-14)22-12-19(26)24-25-21(27)18-13-28-20(23-18)11-16-6-4-3-5-7-16/h3-10,13,22H,11-12H2,1-2H3,(H,24,26)(H,25,27). The van der Waals surface area contributed by atoms with Gasteiger partial charge in [0.15, 0.2) is 0 Å². The molecule has 3 rings (SSSR count).